The maximum Gasteiger partial charge on any atom is 0.410 e. The topological polar surface area (TPSA) is 108 Å². The number of ketones is 1. The second kappa shape index (κ2) is 10.9. The molecule has 9 nitrogen and oxygen atoms in total. The molecule has 0 aliphatic carbocycles. The van der Waals surface area contributed by atoms with Crippen LogP contribution in [0.4, 0.5) is 4.79 Å². The van der Waals surface area contributed by atoms with Gasteiger partial charge in [0.05, 0.1) is 29.8 Å². The van der Waals surface area contributed by atoms with Crippen molar-refractivity contribution in [3.05, 3.63) is 76.8 Å². The number of hydrogen-bond donors (Lipinski definition) is 0. The van der Waals surface area contributed by atoms with E-state index >= 15 is 0 Å². The fourth-order valence-electron chi connectivity index (χ4n) is 4.35. The molecule has 1 amide bonds. The van der Waals surface area contributed by atoms with Gasteiger partial charge in [-0.25, -0.2) is 9.78 Å². The van der Waals surface area contributed by atoms with Gasteiger partial charge in [-0.05, 0) is 30.5 Å². The Morgan fingerprint density at radius 3 is 2.57 bits per heavy atom. The Hall–Kier alpha value is -4.01. The van der Waals surface area contributed by atoms with E-state index in [9.17, 15) is 19.2 Å². The molecule has 4 rings (SSSR count). The molecule has 9 heteroatoms. The van der Waals surface area contributed by atoms with E-state index in [4.69, 9.17) is 9.47 Å². The van der Waals surface area contributed by atoms with Gasteiger partial charge in [0.25, 0.3) is 5.56 Å². The number of para-hydroxylation sites is 1. The molecule has 2 aromatic carbocycles. The van der Waals surface area contributed by atoms with Crippen LogP contribution in [0.5, 0.6) is 0 Å². The average molecular weight is 478 g/mol. The molecule has 1 fully saturated rings. The number of nitrogens with zero attached hydrogens (tertiary/aromatic N) is 3. The molecule has 0 radical (unpaired) electrons. The largest absolute Gasteiger partial charge is 0.460 e. The number of rotatable bonds is 7. The SMILES string of the molecule is CC(=O)O[C@@H]1CCCN(C(=O)OCc2ccccc2)[C@@H]1CC(=O)Cn1cnc2ccccc2c1=O. The molecule has 2 atom stereocenters. The summed E-state index contributed by atoms with van der Waals surface area (Å²) in [4.78, 5) is 56.2. The summed E-state index contributed by atoms with van der Waals surface area (Å²) in [5.41, 5.74) is 1.07. The Bertz CT molecular complexity index is 1270. The van der Waals surface area contributed by atoms with Gasteiger partial charge in [-0.15, -0.1) is 0 Å². The summed E-state index contributed by atoms with van der Waals surface area (Å²) in [5.74, 6) is -0.768. The number of ether oxygens (including phenoxy) is 2. The van der Waals surface area contributed by atoms with Gasteiger partial charge in [0.15, 0.2) is 5.78 Å². The maximum atomic E-state index is 13.0. The van der Waals surface area contributed by atoms with Crippen LogP contribution < -0.4 is 5.56 Å². The number of aromatic nitrogens is 2. The Balaban J connectivity index is 1.49. The number of fused-ring (bicyclic) bond motifs is 1. The highest BCUT2D eigenvalue weighted by Gasteiger charge is 2.38. The van der Waals surface area contributed by atoms with Crippen LogP contribution >= 0.6 is 0 Å². The first-order valence-corrected chi connectivity index (χ1v) is 11.5. The number of piperidine rings is 1. The van der Waals surface area contributed by atoms with E-state index < -0.39 is 24.2 Å². The van der Waals surface area contributed by atoms with E-state index in [1.807, 2.05) is 30.3 Å². The Labute approximate surface area is 202 Å². The van der Waals surface area contributed by atoms with Crippen molar-refractivity contribution in [3.63, 3.8) is 0 Å². The predicted molar refractivity (Wildman–Crippen MR) is 128 cm³/mol. The van der Waals surface area contributed by atoms with Crippen molar-refractivity contribution in [1.82, 2.24) is 14.5 Å². The van der Waals surface area contributed by atoms with Gasteiger partial charge >= 0.3 is 12.1 Å². The van der Waals surface area contributed by atoms with Crippen LogP contribution in [0.25, 0.3) is 10.9 Å². The Morgan fingerprint density at radius 1 is 1.06 bits per heavy atom. The number of carbonyl (C=O) groups excluding carboxylic acids is 3. The summed E-state index contributed by atoms with van der Waals surface area (Å²) in [6.07, 6.45) is 1.18. The molecule has 35 heavy (non-hydrogen) atoms. The molecular formula is C26H27N3O6. The van der Waals surface area contributed by atoms with Crippen molar-refractivity contribution in [2.45, 2.75) is 51.5 Å². The van der Waals surface area contributed by atoms with Crippen LogP contribution in [0.15, 0.2) is 65.7 Å². The van der Waals surface area contributed by atoms with Crippen molar-refractivity contribution in [2.24, 2.45) is 0 Å². The second-order valence-electron chi connectivity index (χ2n) is 8.53. The first kappa shape index (κ1) is 24.1. The van der Waals surface area contributed by atoms with Crippen LogP contribution in [0.1, 0.15) is 31.7 Å². The number of likely N-dealkylation sites (tertiary alicyclic amines) is 1. The molecule has 1 aromatic heterocycles. The highest BCUT2D eigenvalue weighted by molar-refractivity contribution is 5.81. The van der Waals surface area contributed by atoms with E-state index in [0.29, 0.717) is 30.3 Å². The summed E-state index contributed by atoms with van der Waals surface area (Å²) in [6, 6.07) is 15.5. The van der Waals surface area contributed by atoms with Crippen LogP contribution in [0.3, 0.4) is 0 Å². The van der Waals surface area contributed by atoms with E-state index in [-0.39, 0.29) is 30.9 Å². The van der Waals surface area contributed by atoms with Gasteiger partial charge in [-0.2, -0.15) is 0 Å². The van der Waals surface area contributed by atoms with Gasteiger partial charge in [0.1, 0.15) is 12.7 Å². The van der Waals surface area contributed by atoms with Crippen LogP contribution in [-0.2, 0) is 32.2 Å². The molecule has 3 aromatic rings. The van der Waals surface area contributed by atoms with Gasteiger partial charge in [0.2, 0.25) is 0 Å². The quantitative estimate of drug-likeness (QED) is 0.481. The minimum absolute atomic E-state index is 0.0857. The minimum atomic E-state index is -0.687. The molecule has 0 bridgehead atoms. The molecule has 0 saturated carbocycles. The number of Topliss-reactive ketones (excluding diaryl/α,β-unsaturated/α-hetero) is 1. The van der Waals surface area contributed by atoms with Crippen molar-refractivity contribution in [2.75, 3.05) is 6.54 Å². The third-order valence-electron chi connectivity index (χ3n) is 5.99. The lowest BCUT2D eigenvalue weighted by Gasteiger charge is -2.39. The molecular weight excluding hydrogens is 450 g/mol. The predicted octanol–water partition coefficient (Wildman–Crippen LogP) is 3.09. The monoisotopic (exact) mass is 477 g/mol. The lowest BCUT2D eigenvalue weighted by molar-refractivity contribution is -0.153. The average Bonchev–Trinajstić information content (AvgIpc) is 2.86. The zero-order valence-electron chi connectivity index (χ0n) is 19.5. The lowest BCUT2D eigenvalue weighted by Crippen LogP contribution is -2.53. The van der Waals surface area contributed by atoms with Crippen molar-refractivity contribution < 1.29 is 23.9 Å². The molecule has 2 heterocycles. The summed E-state index contributed by atoms with van der Waals surface area (Å²) < 4.78 is 12.2. The third kappa shape index (κ3) is 5.92. The molecule has 1 aliphatic rings. The van der Waals surface area contributed by atoms with Gasteiger partial charge < -0.3 is 14.4 Å². The van der Waals surface area contributed by atoms with Gasteiger partial charge in [-0.1, -0.05) is 42.5 Å². The summed E-state index contributed by atoms with van der Waals surface area (Å²) >= 11 is 0. The number of amides is 1. The standard InChI is InChI=1S/C26H27N3O6/c1-18(30)35-24-12-7-13-29(26(33)34-16-19-8-3-2-4-9-19)23(24)14-20(31)15-28-17-27-22-11-6-5-10-21(22)25(28)32/h2-6,8-11,17,23-24H,7,12-16H2,1H3/t23-,24-/m1/s1. The minimum Gasteiger partial charge on any atom is -0.460 e. The third-order valence-corrected chi connectivity index (χ3v) is 5.99. The molecule has 1 aliphatic heterocycles. The van der Waals surface area contributed by atoms with E-state index in [1.54, 1.807) is 24.3 Å². The van der Waals surface area contributed by atoms with Crippen molar-refractivity contribution >= 4 is 28.7 Å². The van der Waals surface area contributed by atoms with E-state index in [0.717, 1.165) is 5.56 Å². The van der Waals surface area contributed by atoms with Gasteiger partial charge in [0, 0.05) is 19.9 Å². The number of hydrogen-bond acceptors (Lipinski definition) is 7. The first-order chi connectivity index (χ1) is 16.9. The Morgan fingerprint density at radius 2 is 1.80 bits per heavy atom. The van der Waals surface area contributed by atoms with E-state index in [1.165, 1.54) is 22.7 Å². The first-order valence-electron chi connectivity index (χ1n) is 11.5. The lowest BCUT2D eigenvalue weighted by atomic mass is 9.94. The summed E-state index contributed by atoms with van der Waals surface area (Å²) in [5, 5.41) is 0.421. The normalized spacial score (nSPS) is 17.7. The number of esters is 1. The molecule has 0 spiro atoms. The van der Waals surface area contributed by atoms with Crippen LogP contribution in [-0.4, -0.2) is 51.0 Å². The highest BCUT2D eigenvalue weighted by Crippen LogP contribution is 2.25. The summed E-state index contributed by atoms with van der Waals surface area (Å²) in [6.45, 7) is 1.56. The molecule has 0 unspecified atom stereocenters. The fourth-order valence-corrected chi connectivity index (χ4v) is 4.35. The zero-order valence-corrected chi connectivity index (χ0v) is 19.5. The van der Waals surface area contributed by atoms with Crippen molar-refractivity contribution in [1.29, 1.82) is 0 Å². The van der Waals surface area contributed by atoms with Crippen LogP contribution in [0.2, 0.25) is 0 Å². The highest BCUT2D eigenvalue weighted by atomic mass is 16.6. The smallest absolute Gasteiger partial charge is 0.410 e. The maximum absolute atomic E-state index is 13.0. The molecule has 0 N–H and O–H groups in total. The van der Waals surface area contributed by atoms with E-state index in [2.05, 4.69) is 4.98 Å². The molecule has 182 valence electrons. The Kier molecular flexibility index (Phi) is 7.54. The second-order valence-corrected chi connectivity index (χ2v) is 8.53. The molecule has 1 saturated heterocycles. The number of benzene rings is 2. The number of carbonyl (C=O) groups is 3. The zero-order chi connectivity index (χ0) is 24.8. The fraction of sp³-hybridized carbons (Fsp3) is 0.346. The summed E-state index contributed by atoms with van der Waals surface area (Å²) in [7, 11) is 0. The van der Waals surface area contributed by atoms with Gasteiger partial charge in [-0.3, -0.25) is 19.0 Å². The van der Waals surface area contributed by atoms with Crippen molar-refractivity contribution in [3.8, 4) is 0 Å². The van der Waals surface area contributed by atoms with Crippen LogP contribution in [0, 0.1) is 0 Å².